The van der Waals surface area contributed by atoms with Gasteiger partial charge in [0.05, 0.1) is 16.9 Å². The van der Waals surface area contributed by atoms with Crippen molar-refractivity contribution in [3.63, 3.8) is 0 Å². The first-order chi connectivity index (χ1) is 12.3. The SMILES string of the molecule is C[n+]1cc2c3c(ccc2c2c1C1C=C4OCOC4=CC1C=C2)OCO3. The lowest BCUT2D eigenvalue weighted by molar-refractivity contribution is -0.679. The van der Waals surface area contributed by atoms with E-state index in [-0.39, 0.29) is 18.6 Å². The van der Waals surface area contributed by atoms with Crippen LogP contribution in [0.4, 0.5) is 0 Å². The second-order valence-corrected chi connectivity index (χ2v) is 6.73. The molecule has 5 nitrogen and oxygen atoms in total. The Morgan fingerprint density at radius 2 is 1.80 bits per heavy atom. The van der Waals surface area contributed by atoms with Gasteiger partial charge in [-0.05, 0) is 24.3 Å². The summed E-state index contributed by atoms with van der Waals surface area (Å²) in [6, 6.07) is 4.12. The molecule has 4 aliphatic rings. The number of nitrogens with zero attached hydrogens (tertiary/aromatic N) is 1. The summed E-state index contributed by atoms with van der Waals surface area (Å²) in [5.41, 5.74) is 2.50. The molecule has 6 rings (SSSR count). The quantitative estimate of drug-likeness (QED) is 0.695. The van der Waals surface area contributed by atoms with Crippen molar-refractivity contribution in [2.24, 2.45) is 13.0 Å². The van der Waals surface area contributed by atoms with E-state index in [1.165, 1.54) is 16.6 Å². The molecule has 1 saturated heterocycles. The minimum atomic E-state index is 0.236. The van der Waals surface area contributed by atoms with Crippen molar-refractivity contribution in [1.29, 1.82) is 0 Å². The smallest absolute Gasteiger partial charge is 0.231 e. The Morgan fingerprint density at radius 3 is 2.72 bits per heavy atom. The van der Waals surface area contributed by atoms with Crippen LogP contribution in [0.5, 0.6) is 11.5 Å². The van der Waals surface area contributed by atoms with Crippen molar-refractivity contribution in [2.45, 2.75) is 5.92 Å². The number of fused-ring (bicyclic) bond motifs is 8. The van der Waals surface area contributed by atoms with Crippen LogP contribution in [0.2, 0.25) is 0 Å². The Kier molecular flexibility index (Phi) is 2.44. The first-order valence-electron chi connectivity index (χ1n) is 8.42. The zero-order valence-corrected chi connectivity index (χ0v) is 13.7. The number of allylic oxidation sites excluding steroid dienone is 3. The predicted molar refractivity (Wildman–Crippen MR) is 89.7 cm³/mol. The van der Waals surface area contributed by atoms with Gasteiger partial charge in [0.15, 0.2) is 34.9 Å². The highest BCUT2D eigenvalue weighted by molar-refractivity contribution is 5.96. The number of ether oxygens (including phenoxy) is 4. The second-order valence-electron chi connectivity index (χ2n) is 6.73. The third kappa shape index (κ3) is 1.70. The van der Waals surface area contributed by atoms with Gasteiger partial charge in [-0.25, -0.2) is 4.57 Å². The van der Waals surface area contributed by atoms with Gasteiger partial charge >= 0.3 is 0 Å². The van der Waals surface area contributed by atoms with Gasteiger partial charge in [-0.15, -0.1) is 0 Å². The molecule has 2 atom stereocenters. The van der Waals surface area contributed by atoms with Crippen LogP contribution in [-0.4, -0.2) is 13.6 Å². The van der Waals surface area contributed by atoms with E-state index in [9.17, 15) is 0 Å². The maximum absolute atomic E-state index is 5.70. The van der Waals surface area contributed by atoms with E-state index in [4.69, 9.17) is 18.9 Å². The van der Waals surface area contributed by atoms with E-state index in [2.05, 4.69) is 48.2 Å². The maximum atomic E-state index is 5.70. The summed E-state index contributed by atoms with van der Waals surface area (Å²) >= 11 is 0. The van der Waals surface area contributed by atoms with Crippen molar-refractivity contribution in [3.05, 3.63) is 59.3 Å². The molecule has 5 heteroatoms. The van der Waals surface area contributed by atoms with Gasteiger partial charge < -0.3 is 18.9 Å². The van der Waals surface area contributed by atoms with Gasteiger partial charge in [-0.2, -0.15) is 0 Å². The average molecular weight is 334 g/mol. The van der Waals surface area contributed by atoms with Crippen LogP contribution in [0.25, 0.3) is 16.8 Å². The Labute approximate surface area is 144 Å². The molecule has 124 valence electrons. The molecule has 0 bridgehead atoms. The molecule has 2 unspecified atom stereocenters. The third-order valence-electron chi connectivity index (χ3n) is 5.41. The lowest BCUT2D eigenvalue weighted by atomic mass is 9.78. The first-order valence-corrected chi connectivity index (χ1v) is 8.42. The highest BCUT2D eigenvalue weighted by Gasteiger charge is 2.38. The molecule has 0 radical (unpaired) electrons. The number of hydrogen-bond donors (Lipinski definition) is 0. The maximum Gasteiger partial charge on any atom is 0.231 e. The summed E-state index contributed by atoms with van der Waals surface area (Å²) in [5, 5.41) is 2.27. The van der Waals surface area contributed by atoms with Crippen molar-refractivity contribution >= 4 is 16.8 Å². The van der Waals surface area contributed by atoms with E-state index < -0.39 is 0 Å². The summed E-state index contributed by atoms with van der Waals surface area (Å²) < 4.78 is 24.6. The lowest BCUT2D eigenvalue weighted by Crippen LogP contribution is -2.38. The fourth-order valence-corrected chi connectivity index (χ4v) is 4.29. The number of benzene rings is 1. The number of hydrogen-bond acceptors (Lipinski definition) is 4. The normalized spacial score (nSPS) is 24.7. The minimum absolute atomic E-state index is 0.236. The number of pyridine rings is 1. The zero-order valence-electron chi connectivity index (χ0n) is 13.7. The Hall–Kier alpha value is -2.95. The lowest BCUT2D eigenvalue weighted by Gasteiger charge is -2.26. The number of aromatic nitrogens is 1. The predicted octanol–water partition coefficient (Wildman–Crippen LogP) is 2.91. The fraction of sp³-hybridized carbons (Fsp3) is 0.250. The third-order valence-corrected chi connectivity index (χ3v) is 5.41. The largest absolute Gasteiger partial charge is 0.454 e. The standard InChI is InChI=1S/C20H16NO4/c1-21-8-15-12(4-5-16-20(15)25-10-22-16)13-3-2-11-6-17-18(24-9-23-17)7-14(11)19(13)21/h2-8,11,14H,9-10H2,1H3/q+1. The molecular formula is C20H16NO4+. The second kappa shape index (κ2) is 4.57. The molecule has 3 heterocycles. The van der Waals surface area contributed by atoms with Gasteiger partial charge in [0.25, 0.3) is 0 Å². The highest BCUT2D eigenvalue weighted by Crippen LogP contribution is 2.46. The molecule has 0 spiro atoms. The molecule has 2 aliphatic heterocycles. The van der Waals surface area contributed by atoms with Crippen LogP contribution in [-0.2, 0) is 16.5 Å². The van der Waals surface area contributed by atoms with E-state index >= 15 is 0 Å². The molecule has 1 aromatic carbocycles. The molecule has 1 aromatic heterocycles. The number of rotatable bonds is 0. The zero-order chi connectivity index (χ0) is 16.5. The molecule has 0 saturated carbocycles. The molecule has 2 aromatic rings. The summed E-state index contributed by atoms with van der Waals surface area (Å²) in [6.45, 7) is 0.591. The van der Waals surface area contributed by atoms with Gasteiger partial charge in [-0.1, -0.05) is 12.2 Å². The van der Waals surface area contributed by atoms with Crippen LogP contribution < -0.4 is 14.0 Å². The molecule has 2 aliphatic carbocycles. The van der Waals surface area contributed by atoms with Crippen LogP contribution in [0.1, 0.15) is 17.2 Å². The van der Waals surface area contributed by atoms with Crippen LogP contribution in [0, 0.1) is 5.92 Å². The molecule has 0 amide bonds. The fourth-order valence-electron chi connectivity index (χ4n) is 4.29. The highest BCUT2D eigenvalue weighted by atomic mass is 16.7. The Bertz CT molecular complexity index is 1030. The van der Waals surface area contributed by atoms with Crippen LogP contribution in [0.15, 0.2) is 48.1 Å². The van der Waals surface area contributed by atoms with Crippen molar-refractivity contribution in [2.75, 3.05) is 13.6 Å². The monoisotopic (exact) mass is 334 g/mol. The summed E-state index contributed by atoms with van der Waals surface area (Å²) in [4.78, 5) is 0. The molecule has 1 fully saturated rings. The first kappa shape index (κ1) is 13.4. The number of aryl methyl sites for hydroxylation is 1. The molecule has 25 heavy (non-hydrogen) atoms. The van der Waals surface area contributed by atoms with E-state index in [0.717, 1.165) is 28.4 Å². The topological polar surface area (TPSA) is 40.8 Å². The van der Waals surface area contributed by atoms with Gasteiger partial charge in [-0.3, -0.25) is 0 Å². The summed E-state index contributed by atoms with van der Waals surface area (Å²) in [5.74, 6) is 3.89. The minimum Gasteiger partial charge on any atom is -0.454 e. The van der Waals surface area contributed by atoms with Crippen LogP contribution in [0.3, 0.4) is 0 Å². The molecular weight excluding hydrogens is 318 g/mol. The average Bonchev–Trinajstić information content (AvgIpc) is 3.28. The van der Waals surface area contributed by atoms with E-state index in [0.29, 0.717) is 6.79 Å². The Morgan fingerprint density at radius 1 is 0.960 bits per heavy atom. The van der Waals surface area contributed by atoms with Crippen LogP contribution >= 0.6 is 0 Å². The summed E-state index contributed by atoms with van der Waals surface area (Å²) in [6.07, 6.45) is 11.0. The molecule has 0 N–H and O–H groups in total. The van der Waals surface area contributed by atoms with Gasteiger partial charge in [0.1, 0.15) is 7.05 Å². The Balaban J connectivity index is 1.62. The van der Waals surface area contributed by atoms with Crippen molar-refractivity contribution in [3.8, 4) is 11.5 Å². The van der Waals surface area contributed by atoms with Gasteiger partial charge in [0, 0.05) is 11.3 Å². The van der Waals surface area contributed by atoms with E-state index in [1.807, 2.05) is 6.07 Å². The summed E-state index contributed by atoms with van der Waals surface area (Å²) in [7, 11) is 2.09. The van der Waals surface area contributed by atoms with Crippen molar-refractivity contribution < 1.29 is 23.5 Å². The van der Waals surface area contributed by atoms with Crippen molar-refractivity contribution in [1.82, 2.24) is 0 Å². The van der Waals surface area contributed by atoms with Gasteiger partial charge in [0.2, 0.25) is 13.6 Å². The van der Waals surface area contributed by atoms with E-state index in [1.54, 1.807) is 0 Å².